The second-order valence-electron chi connectivity index (χ2n) is 7.78. The number of carbonyl (C=O) groups excluding carboxylic acids is 2. The number of piperidine rings is 2. The molecule has 2 aliphatic heterocycles. The molecule has 158 valence electrons. The maximum Gasteiger partial charge on any atom is 0.253 e. The predicted molar refractivity (Wildman–Crippen MR) is 111 cm³/mol. The van der Waals surface area contributed by atoms with Crippen molar-refractivity contribution >= 4 is 21.8 Å². The Balaban J connectivity index is 1.68. The summed E-state index contributed by atoms with van der Waals surface area (Å²) < 4.78 is 27.7. The van der Waals surface area contributed by atoms with E-state index in [1.165, 1.54) is 22.5 Å². The van der Waals surface area contributed by atoms with Crippen molar-refractivity contribution in [2.75, 3.05) is 19.6 Å². The van der Waals surface area contributed by atoms with Gasteiger partial charge in [0.2, 0.25) is 15.9 Å². The lowest BCUT2D eigenvalue weighted by Gasteiger charge is -2.36. The van der Waals surface area contributed by atoms with Gasteiger partial charge in [0.1, 0.15) is 0 Å². The normalized spacial score (nSPS) is 23.4. The van der Waals surface area contributed by atoms with Crippen LogP contribution in [0.15, 0.2) is 41.8 Å². The van der Waals surface area contributed by atoms with Gasteiger partial charge in [0.05, 0.1) is 4.90 Å². The van der Waals surface area contributed by atoms with Crippen LogP contribution in [0.1, 0.15) is 49.4 Å². The highest BCUT2D eigenvalue weighted by Gasteiger charge is 2.35. The van der Waals surface area contributed by atoms with E-state index in [-0.39, 0.29) is 28.8 Å². The molecule has 0 saturated carbocycles. The number of amides is 2. The van der Waals surface area contributed by atoms with Gasteiger partial charge in [-0.2, -0.15) is 4.31 Å². The van der Waals surface area contributed by atoms with E-state index in [4.69, 9.17) is 0 Å². The van der Waals surface area contributed by atoms with Gasteiger partial charge in [-0.3, -0.25) is 9.59 Å². The lowest BCUT2D eigenvalue weighted by molar-refractivity contribution is -0.117. The molecule has 1 N–H and O–H groups in total. The van der Waals surface area contributed by atoms with Crippen molar-refractivity contribution in [1.29, 1.82) is 0 Å². The third-order valence-corrected chi connectivity index (χ3v) is 7.73. The maximum absolute atomic E-state index is 13.1. The Kier molecular flexibility index (Phi) is 6.74. The van der Waals surface area contributed by atoms with Gasteiger partial charge in [-0.1, -0.05) is 6.58 Å². The molecule has 2 fully saturated rings. The summed E-state index contributed by atoms with van der Waals surface area (Å²) in [6.07, 6.45) is 5.49. The van der Waals surface area contributed by atoms with E-state index in [0.29, 0.717) is 24.9 Å². The first kappa shape index (κ1) is 21.5. The van der Waals surface area contributed by atoms with Crippen molar-refractivity contribution in [2.45, 2.75) is 56.0 Å². The fraction of sp³-hybridized carbons (Fsp3) is 0.524. The summed E-state index contributed by atoms with van der Waals surface area (Å²) in [5, 5.41) is 2.84. The summed E-state index contributed by atoms with van der Waals surface area (Å²) in [7, 11) is -3.66. The summed E-state index contributed by atoms with van der Waals surface area (Å²) in [5.41, 5.74) is 0.518. The Hall–Kier alpha value is -2.19. The van der Waals surface area contributed by atoms with Gasteiger partial charge in [-0.25, -0.2) is 8.42 Å². The molecule has 0 spiro atoms. The van der Waals surface area contributed by atoms with Gasteiger partial charge < -0.3 is 10.2 Å². The molecule has 1 aromatic rings. The average Bonchev–Trinajstić information content (AvgIpc) is 2.73. The lowest BCUT2D eigenvalue weighted by Crippen LogP contribution is -2.50. The fourth-order valence-electron chi connectivity index (χ4n) is 4.08. The van der Waals surface area contributed by atoms with Gasteiger partial charge in [0.25, 0.3) is 5.91 Å². The Labute approximate surface area is 172 Å². The van der Waals surface area contributed by atoms with Gasteiger partial charge in [-0.15, -0.1) is 0 Å². The number of benzene rings is 1. The molecule has 2 heterocycles. The minimum absolute atomic E-state index is 0.0409. The molecule has 7 nitrogen and oxygen atoms in total. The maximum atomic E-state index is 13.1. The van der Waals surface area contributed by atoms with Crippen LogP contribution in [-0.2, 0) is 14.8 Å². The van der Waals surface area contributed by atoms with Crippen molar-refractivity contribution in [3.8, 4) is 0 Å². The third kappa shape index (κ3) is 4.87. The Morgan fingerprint density at radius 2 is 1.76 bits per heavy atom. The van der Waals surface area contributed by atoms with Crippen LogP contribution in [0.5, 0.6) is 0 Å². The number of hydrogen-bond donors (Lipinski definition) is 1. The van der Waals surface area contributed by atoms with Crippen LogP contribution < -0.4 is 5.32 Å². The van der Waals surface area contributed by atoms with Crippen LogP contribution in [0, 0.1) is 0 Å². The summed E-state index contributed by atoms with van der Waals surface area (Å²) >= 11 is 0. The predicted octanol–water partition coefficient (Wildman–Crippen LogP) is 2.16. The first-order chi connectivity index (χ1) is 13.8. The smallest absolute Gasteiger partial charge is 0.253 e. The van der Waals surface area contributed by atoms with Crippen molar-refractivity contribution in [2.24, 2.45) is 0 Å². The molecule has 2 saturated heterocycles. The van der Waals surface area contributed by atoms with Gasteiger partial charge in [-0.05, 0) is 69.4 Å². The summed E-state index contributed by atoms with van der Waals surface area (Å²) in [4.78, 5) is 26.1. The van der Waals surface area contributed by atoms with Gasteiger partial charge in [0, 0.05) is 37.3 Å². The Morgan fingerprint density at radius 3 is 2.34 bits per heavy atom. The highest BCUT2D eigenvalue weighted by molar-refractivity contribution is 7.89. The highest BCUT2D eigenvalue weighted by atomic mass is 32.2. The fourth-order valence-corrected chi connectivity index (χ4v) is 5.74. The zero-order valence-corrected chi connectivity index (χ0v) is 17.7. The number of carbonyl (C=O) groups is 2. The van der Waals surface area contributed by atoms with E-state index in [9.17, 15) is 18.0 Å². The quantitative estimate of drug-likeness (QED) is 0.741. The van der Waals surface area contributed by atoms with E-state index in [1.54, 1.807) is 12.1 Å². The number of nitrogens with one attached hydrogen (secondary N) is 1. The first-order valence-electron chi connectivity index (χ1n) is 10.2. The van der Waals surface area contributed by atoms with E-state index in [2.05, 4.69) is 11.9 Å². The van der Waals surface area contributed by atoms with Crippen LogP contribution in [0.4, 0.5) is 0 Å². The average molecular weight is 420 g/mol. The molecule has 8 heteroatoms. The summed E-state index contributed by atoms with van der Waals surface area (Å²) in [5.74, 6) is -0.284. The monoisotopic (exact) mass is 419 g/mol. The largest absolute Gasteiger partial charge is 0.350 e. The Bertz CT molecular complexity index is 860. The second-order valence-corrected chi connectivity index (χ2v) is 9.67. The lowest BCUT2D eigenvalue weighted by atomic mass is 10.0. The molecule has 3 rings (SSSR count). The van der Waals surface area contributed by atoms with Crippen molar-refractivity contribution in [3.05, 3.63) is 42.5 Å². The van der Waals surface area contributed by atoms with Gasteiger partial charge >= 0.3 is 0 Å². The second kappa shape index (κ2) is 9.09. The summed E-state index contributed by atoms with van der Waals surface area (Å²) in [6, 6.07) is 5.94. The minimum Gasteiger partial charge on any atom is -0.350 e. The molecule has 0 radical (unpaired) electrons. The van der Waals surface area contributed by atoms with Crippen molar-refractivity contribution < 1.29 is 18.0 Å². The molecular formula is C21H29N3O4S. The van der Waals surface area contributed by atoms with Gasteiger partial charge in [0.15, 0.2) is 0 Å². The molecule has 0 aromatic heterocycles. The topological polar surface area (TPSA) is 86.8 Å². The zero-order valence-electron chi connectivity index (χ0n) is 16.8. The number of sulfonamides is 1. The molecule has 1 aromatic carbocycles. The molecule has 0 aliphatic carbocycles. The molecule has 2 unspecified atom stereocenters. The van der Waals surface area contributed by atoms with Crippen LogP contribution in [0.2, 0.25) is 0 Å². The van der Waals surface area contributed by atoms with Crippen LogP contribution in [-0.4, -0.2) is 61.2 Å². The van der Waals surface area contributed by atoms with E-state index in [1.807, 2.05) is 11.8 Å². The molecule has 2 atom stereocenters. The molecular weight excluding hydrogens is 390 g/mol. The zero-order chi connectivity index (χ0) is 21.0. The van der Waals surface area contributed by atoms with Crippen molar-refractivity contribution in [1.82, 2.24) is 14.5 Å². The molecule has 2 aliphatic rings. The Morgan fingerprint density at radius 1 is 1.10 bits per heavy atom. The third-order valence-electron chi connectivity index (χ3n) is 5.70. The minimum atomic E-state index is -3.66. The highest BCUT2D eigenvalue weighted by Crippen LogP contribution is 2.26. The first-order valence-corrected chi connectivity index (χ1v) is 11.6. The SMILES string of the molecule is C=CC(=O)NC1CCN(S(=O)(=O)c2ccc(C(=O)N3CCCCC3)cc2)C(C)C1. The van der Waals surface area contributed by atoms with Crippen LogP contribution in [0.25, 0.3) is 0 Å². The number of likely N-dealkylation sites (tertiary alicyclic amines) is 1. The number of rotatable bonds is 5. The summed E-state index contributed by atoms with van der Waals surface area (Å²) in [6.45, 7) is 7.14. The van der Waals surface area contributed by atoms with Crippen molar-refractivity contribution in [3.63, 3.8) is 0 Å². The van der Waals surface area contributed by atoms with E-state index >= 15 is 0 Å². The van der Waals surface area contributed by atoms with E-state index in [0.717, 1.165) is 32.4 Å². The standard InChI is InChI=1S/C21H29N3O4S/c1-3-20(25)22-18-11-14-24(16(2)15-18)29(27,28)19-9-7-17(8-10-19)21(26)23-12-5-4-6-13-23/h3,7-10,16,18H,1,4-6,11-15H2,2H3,(H,22,25). The molecule has 2 amide bonds. The molecule has 29 heavy (non-hydrogen) atoms. The van der Waals surface area contributed by atoms with E-state index < -0.39 is 10.0 Å². The molecule has 0 bridgehead atoms. The number of nitrogens with zero attached hydrogens (tertiary/aromatic N) is 2. The number of hydrogen-bond acceptors (Lipinski definition) is 4. The van der Waals surface area contributed by atoms with Crippen LogP contribution in [0.3, 0.4) is 0 Å². The van der Waals surface area contributed by atoms with Crippen LogP contribution >= 0.6 is 0 Å².